The van der Waals surface area contributed by atoms with Gasteiger partial charge in [-0.3, -0.25) is 4.57 Å². The molecule has 0 spiro atoms. The summed E-state index contributed by atoms with van der Waals surface area (Å²) in [6.45, 7) is 2.18. The third-order valence-corrected chi connectivity index (χ3v) is 6.24. The van der Waals surface area contributed by atoms with Crippen LogP contribution in [0, 0.1) is 0 Å². The molecule has 1 saturated carbocycles. The van der Waals surface area contributed by atoms with Gasteiger partial charge in [0, 0.05) is 17.5 Å². The highest BCUT2D eigenvalue weighted by molar-refractivity contribution is 7.99. The number of hydrogen-bond donors (Lipinski definition) is 2. The fourth-order valence-electron chi connectivity index (χ4n) is 3.82. The molecule has 0 aromatic carbocycles. The van der Waals surface area contributed by atoms with Gasteiger partial charge in [-0.1, -0.05) is 31.0 Å². The van der Waals surface area contributed by atoms with Crippen molar-refractivity contribution in [2.24, 2.45) is 0 Å². The summed E-state index contributed by atoms with van der Waals surface area (Å²) in [5, 5.41) is 14.9. The van der Waals surface area contributed by atoms with E-state index in [1.165, 1.54) is 31.0 Å². The summed E-state index contributed by atoms with van der Waals surface area (Å²) in [4.78, 5) is 24.1. The van der Waals surface area contributed by atoms with Crippen LogP contribution in [-0.4, -0.2) is 45.7 Å². The predicted octanol–water partition coefficient (Wildman–Crippen LogP) is 3.27. The first-order valence-corrected chi connectivity index (χ1v) is 11.2. The maximum atomic E-state index is 12.3. The van der Waals surface area contributed by atoms with Crippen molar-refractivity contribution in [1.82, 2.24) is 25.4 Å². The van der Waals surface area contributed by atoms with Gasteiger partial charge in [0.1, 0.15) is 0 Å². The van der Waals surface area contributed by atoms with Gasteiger partial charge >= 0.3 is 12.0 Å². The van der Waals surface area contributed by atoms with E-state index in [0.29, 0.717) is 34.6 Å². The van der Waals surface area contributed by atoms with Crippen LogP contribution in [0.25, 0.3) is 11.6 Å². The molecule has 2 aliphatic rings. The number of nitrogens with zero attached hydrogens (tertiary/aromatic N) is 3. The van der Waals surface area contributed by atoms with Crippen LogP contribution < -0.4 is 10.6 Å². The largest absolute Gasteiger partial charge is 0.463 e. The number of amides is 2. The van der Waals surface area contributed by atoms with Crippen molar-refractivity contribution < 1.29 is 18.7 Å². The van der Waals surface area contributed by atoms with Gasteiger partial charge in [-0.2, -0.15) is 0 Å². The van der Waals surface area contributed by atoms with E-state index in [-0.39, 0.29) is 19.2 Å². The third kappa shape index (κ3) is 4.38. The highest BCUT2D eigenvalue weighted by Crippen LogP contribution is 2.36. The molecule has 10 heteroatoms. The van der Waals surface area contributed by atoms with Crippen LogP contribution >= 0.6 is 11.8 Å². The number of ether oxygens (including phenoxy) is 1. The summed E-state index contributed by atoms with van der Waals surface area (Å²) in [5.41, 5.74) is 0.971. The molecule has 0 unspecified atom stereocenters. The van der Waals surface area contributed by atoms with Crippen LogP contribution in [0.5, 0.6) is 0 Å². The zero-order chi connectivity index (χ0) is 20.9. The van der Waals surface area contributed by atoms with Gasteiger partial charge in [-0.25, -0.2) is 9.59 Å². The van der Waals surface area contributed by atoms with E-state index >= 15 is 0 Å². The summed E-state index contributed by atoms with van der Waals surface area (Å²) < 4.78 is 12.9. The highest BCUT2D eigenvalue weighted by Gasteiger charge is 2.27. The van der Waals surface area contributed by atoms with Crippen LogP contribution in [0.3, 0.4) is 0 Å². The first-order valence-electron chi connectivity index (χ1n) is 10.2. The van der Waals surface area contributed by atoms with Crippen molar-refractivity contribution in [3.63, 3.8) is 0 Å². The molecule has 0 atom stereocenters. The zero-order valence-electron chi connectivity index (χ0n) is 16.8. The van der Waals surface area contributed by atoms with Crippen LogP contribution in [0.15, 0.2) is 39.2 Å². The number of thioether (sulfide) groups is 1. The quantitative estimate of drug-likeness (QED) is 0.511. The topological polar surface area (TPSA) is 111 Å². The molecule has 1 fully saturated rings. The maximum Gasteiger partial charge on any atom is 0.337 e. The fourth-order valence-corrected chi connectivity index (χ4v) is 4.82. The Morgan fingerprint density at radius 3 is 2.90 bits per heavy atom. The predicted molar refractivity (Wildman–Crippen MR) is 111 cm³/mol. The molecule has 1 aliphatic heterocycles. The lowest BCUT2D eigenvalue weighted by atomic mass is 9.95. The molecule has 3 heterocycles. The average molecular weight is 432 g/mol. The number of carbonyl (C=O) groups excluding carboxylic acids is 2. The first-order chi connectivity index (χ1) is 14.7. The van der Waals surface area contributed by atoms with Crippen molar-refractivity contribution in [3.05, 3.63) is 29.7 Å². The first kappa shape index (κ1) is 20.5. The van der Waals surface area contributed by atoms with Gasteiger partial charge in [0.2, 0.25) is 5.82 Å². The van der Waals surface area contributed by atoms with Gasteiger partial charge in [0.25, 0.3) is 0 Å². The zero-order valence-corrected chi connectivity index (χ0v) is 17.7. The summed E-state index contributed by atoms with van der Waals surface area (Å²) in [6.07, 6.45) is 7.34. The summed E-state index contributed by atoms with van der Waals surface area (Å²) in [5.74, 6) is 1.35. The summed E-state index contributed by atoms with van der Waals surface area (Å²) in [6, 6.07) is 3.69. The van der Waals surface area contributed by atoms with Gasteiger partial charge in [0.05, 0.1) is 25.0 Å². The molecule has 0 radical (unpaired) electrons. The van der Waals surface area contributed by atoms with E-state index in [1.54, 1.807) is 13.2 Å². The van der Waals surface area contributed by atoms with E-state index in [2.05, 4.69) is 25.4 Å². The summed E-state index contributed by atoms with van der Waals surface area (Å²) >= 11 is 1.45. The molecule has 0 bridgehead atoms. The molecule has 9 nitrogen and oxygen atoms in total. The Morgan fingerprint density at radius 1 is 1.33 bits per heavy atom. The van der Waals surface area contributed by atoms with Crippen LogP contribution in [0.2, 0.25) is 0 Å². The number of urea groups is 1. The van der Waals surface area contributed by atoms with Crippen molar-refractivity contribution in [3.8, 4) is 11.6 Å². The normalized spacial score (nSPS) is 17.6. The number of esters is 1. The minimum Gasteiger partial charge on any atom is -0.463 e. The summed E-state index contributed by atoms with van der Waals surface area (Å²) in [7, 11) is 0. The van der Waals surface area contributed by atoms with E-state index in [9.17, 15) is 9.59 Å². The van der Waals surface area contributed by atoms with E-state index in [4.69, 9.17) is 9.15 Å². The standard InChI is InChI=1S/C20H25N5O4S/c1-2-28-18(26)14-11-21-19(27)22-15(14)12-30-20-24-23-17(16-9-6-10-29-16)25(20)13-7-4-3-5-8-13/h6,9-10,13H,2-5,7-8,11-12H2,1H3,(H2,21,22,27). The Hall–Kier alpha value is -2.75. The molecule has 30 heavy (non-hydrogen) atoms. The monoisotopic (exact) mass is 431 g/mol. The van der Waals surface area contributed by atoms with Gasteiger partial charge in [-0.15, -0.1) is 10.2 Å². The molecule has 2 amide bonds. The molecular formula is C20H25N5O4S. The van der Waals surface area contributed by atoms with Crippen molar-refractivity contribution in [2.75, 3.05) is 18.9 Å². The maximum absolute atomic E-state index is 12.3. The van der Waals surface area contributed by atoms with Gasteiger partial charge in [-0.05, 0) is 31.9 Å². The second-order valence-corrected chi connectivity index (χ2v) is 8.16. The third-order valence-electron chi connectivity index (χ3n) is 5.27. The van der Waals surface area contributed by atoms with Crippen LogP contribution in [-0.2, 0) is 9.53 Å². The van der Waals surface area contributed by atoms with E-state index in [0.717, 1.165) is 18.0 Å². The molecule has 2 aromatic heterocycles. The molecular weight excluding hydrogens is 406 g/mol. The van der Waals surface area contributed by atoms with E-state index < -0.39 is 5.97 Å². The number of carbonyl (C=O) groups is 2. The minimum absolute atomic E-state index is 0.146. The van der Waals surface area contributed by atoms with Crippen molar-refractivity contribution in [1.29, 1.82) is 0 Å². The fraction of sp³-hybridized carbons (Fsp3) is 0.500. The van der Waals surface area contributed by atoms with Crippen molar-refractivity contribution >= 4 is 23.8 Å². The second-order valence-electron chi connectivity index (χ2n) is 7.22. The molecule has 1 aliphatic carbocycles. The minimum atomic E-state index is -0.425. The number of nitrogens with one attached hydrogen (secondary N) is 2. The Balaban J connectivity index is 1.60. The number of hydrogen-bond acceptors (Lipinski definition) is 7. The Labute approximate surface area is 178 Å². The number of furan rings is 1. The number of aromatic nitrogens is 3. The highest BCUT2D eigenvalue weighted by atomic mass is 32.2. The van der Waals surface area contributed by atoms with E-state index in [1.807, 2.05) is 12.1 Å². The van der Waals surface area contributed by atoms with Crippen LogP contribution in [0.4, 0.5) is 4.79 Å². The molecule has 2 aromatic rings. The average Bonchev–Trinajstić information content (AvgIpc) is 3.43. The Kier molecular flexibility index (Phi) is 6.41. The molecule has 4 rings (SSSR count). The van der Waals surface area contributed by atoms with Crippen LogP contribution in [0.1, 0.15) is 45.1 Å². The molecule has 0 saturated heterocycles. The lowest BCUT2D eigenvalue weighted by Gasteiger charge is -2.25. The smallest absolute Gasteiger partial charge is 0.337 e. The lowest BCUT2D eigenvalue weighted by Crippen LogP contribution is -2.44. The molecule has 2 N–H and O–H groups in total. The van der Waals surface area contributed by atoms with Gasteiger partial charge in [0.15, 0.2) is 10.9 Å². The van der Waals surface area contributed by atoms with Crippen molar-refractivity contribution in [2.45, 2.75) is 50.2 Å². The second kappa shape index (κ2) is 9.38. The Bertz CT molecular complexity index is 931. The number of rotatable bonds is 7. The lowest BCUT2D eigenvalue weighted by molar-refractivity contribution is -0.138. The Morgan fingerprint density at radius 2 is 2.17 bits per heavy atom. The molecule has 160 valence electrons. The SMILES string of the molecule is CCOC(=O)C1=C(CSc2nnc(-c3ccco3)n2C2CCCCC2)NC(=O)NC1. The van der Waals surface area contributed by atoms with Gasteiger partial charge < -0.3 is 19.8 Å².